The second kappa shape index (κ2) is 14.3. The first-order valence-corrected chi connectivity index (χ1v) is 16.7. The van der Waals surface area contributed by atoms with Crippen LogP contribution in [0.1, 0.15) is 24.2 Å². The zero-order valence-corrected chi connectivity index (χ0v) is 27.6. The highest BCUT2D eigenvalue weighted by Crippen LogP contribution is 2.36. The predicted molar refractivity (Wildman–Crippen MR) is 177 cm³/mol. The van der Waals surface area contributed by atoms with E-state index >= 15 is 0 Å². The molecule has 0 unspecified atom stereocenters. The number of benzene rings is 4. The molecular formula is C34H35F3N4O7S. The van der Waals surface area contributed by atoms with Gasteiger partial charge in [0.25, 0.3) is 5.91 Å². The zero-order valence-electron chi connectivity index (χ0n) is 26.8. The van der Waals surface area contributed by atoms with Crippen molar-refractivity contribution in [2.75, 3.05) is 37.4 Å². The van der Waals surface area contributed by atoms with Crippen molar-refractivity contribution in [2.45, 2.75) is 37.3 Å². The minimum atomic E-state index is -4.94. The van der Waals surface area contributed by atoms with E-state index in [1.165, 1.54) is 18.0 Å². The van der Waals surface area contributed by atoms with Crippen LogP contribution in [0.2, 0.25) is 0 Å². The number of amides is 3. The number of nitrogens with zero attached hydrogens (tertiary/aromatic N) is 2. The van der Waals surface area contributed by atoms with Crippen molar-refractivity contribution in [1.29, 1.82) is 0 Å². The van der Waals surface area contributed by atoms with Gasteiger partial charge in [0.15, 0.2) is 5.75 Å². The first kappa shape index (κ1) is 35.4. The number of aliphatic hydroxyl groups is 1. The van der Waals surface area contributed by atoms with Gasteiger partial charge in [-0.25, -0.2) is 13.2 Å². The lowest BCUT2D eigenvalue weighted by molar-refractivity contribution is -0.274. The van der Waals surface area contributed by atoms with Crippen LogP contribution in [0.5, 0.6) is 11.5 Å². The summed E-state index contributed by atoms with van der Waals surface area (Å²) in [6.07, 6.45) is -5.83. The molecule has 0 saturated carbocycles. The Balaban J connectivity index is 1.44. The molecule has 0 radical (unpaired) electrons. The van der Waals surface area contributed by atoms with Gasteiger partial charge in [-0.2, -0.15) is 4.31 Å². The highest BCUT2D eigenvalue weighted by atomic mass is 32.2. The number of anilines is 2. The summed E-state index contributed by atoms with van der Waals surface area (Å²) >= 11 is 0. The van der Waals surface area contributed by atoms with Crippen molar-refractivity contribution in [1.82, 2.24) is 9.21 Å². The summed E-state index contributed by atoms with van der Waals surface area (Å²) in [6, 6.07) is 20.2. The second-order valence-electron chi connectivity index (χ2n) is 11.7. The average molecular weight is 701 g/mol. The molecule has 3 atom stereocenters. The van der Waals surface area contributed by atoms with Gasteiger partial charge in [-0.3, -0.25) is 4.79 Å². The van der Waals surface area contributed by atoms with E-state index in [9.17, 15) is 36.3 Å². The summed E-state index contributed by atoms with van der Waals surface area (Å²) < 4.78 is 76.1. The number of alkyl halides is 3. The molecule has 15 heteroatoms. The van der Waals surface area contributed by atoms with Crippen LogP contribution in [-0.4, -0.2) is 79.9 Å². The van der Waals surface area contributed by atoms with Gasteiger partial charge >= 0.3 is 12.4 Å². The Morgan fingerprint density at radius 3 is 2.35 bits per heavy atom. The molecule has 1 aliphatic rings. The highest BCUT2D eigenvalue weighted by molar-refractivity contribution is 7.89. The number of carbonyl (C=O) groups is 2. The molecule has 4 aromatic carbocycles. The summed E-state index contributed by atoms with van der Waals surface area (Å²) in [5.74, 6) is -1.52. The van der Waals surface area contributed by atoms with Gasteiger partial charge in [-0.15, -0.1) is 13.2 Å². The Hall–Kier alpha value is -4.86. The Bertz CT molecular complexity index is 1940. The molecule has 0 bridgehead atoms. The van der Waals surface area contributed by atoms with Gasteiger partial charge in [0.2, 0.25) is 10.0 Å². The lowest BCUT2D eigenvalue weighted by Gasteiger charge is -2.38. The molecule has 49 heavy (non-hydrogen) atoms. The van der Waals surface area contributed by atoms with Crippen molar-refractivity contribution in [3.8, 4) is 11.5 Å². The van der Waals surface area contributed by atoms with E-state index in [0.717, 1.165) is 39.3 Å². The molecule has 0 aliphatic carbocycles. The number of hydrogen-bond acceptors (Lipinski definition) is 7. The minimum absolute atomic E-state index is 0.00621. The Morgan fingerprint density at radius 2 is 1.65 bits per heavy atom. The van der Waals surface area contributed by atoms with Gasteiger partial charge in [0.05, 0.1) is 41.0 Å². The topological polar surface area (TPSA) is 138 Å². The Kier molecular flexibility index (Phi) is 10.4. The van der Waals surface area contributed by atoms with E-state index in [1.807, 2.05) is 30.3 Å². The smallest absolute Gasteiger partial charge is 0.486 e. The Labute approximate surface area is 281 Å². The highest BCUT2D eigenvalue weighted by Gasteiger charge is 2.37. The SMILES string of the molecule is C[C@@H]1CN([C@@H](C)CO)C(=O)c2cccc(NC(=O)Nc3cccc4ccccc34)c2O[C@H]1CN(C)S(=O)(=O)c1ccc(OC(F)(F)F)cc1. The summed E-state index contributed by atoms with van der Waals surface area (Å²) in [4.78, 5) is 28.3. The summed E-state index contributed by atoms with van der Waals surface area (Å²) in [5.41, 5.74) is 0.779. The van der Waals surface area contributed by atoms with Crippen LogP contribution in [-0.2, 0) is 10.0 Å². The number of hydrogen-bond donors (Lipinski definition) is 3. The molecule has 1 heterocycles. The van der Waals surface area contributed by atoms with Crippen molar-refractivity contribution < 1.29 is 45.8 Å². The third kappa shape index (κ3) is 8.07. The monoisotopic (exact) mass is 700 g/mol. The number of aliphatic hydroxyl groups excluding tert-OH is 1. The van der Waals surface area contributed by atoms with E-state index in [2.05, 4.69) is 15.4 Å². The Morgan fingerprint density at radius 1 is 1.02 bits per heavy atom. The van der Waals surface area contributed by atoms with E-state index in [0.29, 0.717) is 5.69 Å². The summed E-state index contributed by atoms with van der Waals surface area (Å²) in [7, 11) is -2.93. The number of rotatable bonds is 9. The van der Waals surface area contributed by atoms with E-state index in [1.54, 1.807) is 38.1 Å². The second-order valence-corrected chi connectivity index (χ2v) is 13.8. The summed E-state index contributed by atoms with van der Waals surface area (Å²) in [6.45, 7) is 2.95. The molecule has 0 fully saturated rings. The van der Waals surface area contributed by atoms with Gasteiger partial charge in [-0.1, -0.05) is 49.4 Å². The lowest BCUT2D eigenvalue weighted by atomic mass is 9.99. The number of ether oxygens (including phenoxy) is 2. The fraction of sp³-hybridized carbons (Fsp3) is 0.294. The summed E-state index contributed by atoms with van der Waals surface area (Å²) in [5, 5.41) is 17.3. The van der Waals surface area contributed by atoms with Crippen LogP contribution < -0.4 is 20.1 Å². The van der Waals surface area contributed by atoms with Crippen LogP contribution in [0.4, 0.5) is 29.3 Å². The number of urea groups is 1. The average Bonchev–Trinajstić information content (AvgIpc) is 3.06. The number of carbonyl (C=O) groups excluding carboxylic acids is 2. The molecular weight excluding hydrogens is 665 g/mol. The lowest BCUT2D eigenvalue weighted by Crippen LogP contribution is -2.50. The normalized spacial score (nSPS) is 17.5. The largest absolute Gasteiger partial charge is 0.573 e. The molecule has 260 valence electrons. The van der Waals surface area contributed by atoms with Crippen LogP contribution >= 0.6 is 0 Å². The van der Waals surface area contributed by atoms with Crippen LogP contribution in [0.25, 0.3) is 10.8 Å². The molecule has 4 aromatic rings. The van der Waals surface area contributed by atoms with Crippen molar-refractivity contribution >= 4 is 44.1 Å². The first-order valence-electron chi connectivity index (χ1n) is 15.3. The molecule has 3 amide bonds. The fourth-order valence-corrected chi connectivity index (χ4v) is 6.70. The van der Waals surface area contributed by atoms with Crippen LogP contribution in [0.15, 0.2) is 89.8 Å². The standard InChI is InChI=1S/C34H35F3N4O7S/c1-21-18-41(22(2)20-42)32(43)27-11-7-13-29(39-33(44)38-28-12-6-9-23-8-4-5-10-26(23)28)31(27)47-30(21)19-40(3)49(45,46)25-16-14-24(15-17-25)48-34(35,36)37/h4-17,21-22,30,42H,18-20H2,1-3H3,(H2,38,39,44)/t21-,22+,30+/m1/s1. The van der Waals surface area contributed by atoms with Gasteiger partial charge in [-0.05, 0) is 54.8 Å². The van der Waals surface area contributed by atoms with Crippen LogP contribution in [0.3, 0.4) is 0 Å². The number of fused-ring (bicyclic) bond motifs is 2. The first-order chi connectivity index (χ1) is 23.2. The quantitative estimate of drug-likeness (QED) is 0.197. The third-order valence-corrected chi connectivity index (χ3v) is 10.0. The molecule has 5 rings (SSSR count). The van der Waals surface area contributed by atoms with E-state index in [4.69, 9.17) is 4.74 Å². The van der Waals surface area contributed by atoms with Crippen molar-refractivity contribution in [3.05, 3.63) is 90.5 Å². The fourth-order valence-electron chi connectivity index (χ4n) is 5.51. The number of nitrogens with one attached hydrogen (secondary N) is 2. The van der Waals surface area contributed by atoms with Crippen molar-refractivity contribution in [2.24, 2.45) is 5.92 Å². The maximum absolute atomic E-state index is 13.8. The van der Waals surface area contributed by atoms with E-state index in [-0.39, 0.29) is 41.6 Å². The molecule has 0 saturated heterocycles. The third-order valence-electron chi connectivity index (χ3n) is 8.18. The van der Waals surface area contributed by atoms with Gasteiger partial charge < -0.3 is 30.1 Å². The number of sulfonamides is 1. The van der Waals surface area contributed by atoms with Crippen molar-refractivity contribution in [3.63, 3.8) is 0 Å². The molecule has 0 aromatic heterocycles. The predicted octanol–water partition coefficient (Wildman–Crippen LogP) is 5.92. The molecule has 3 N–H and O–H groups in total. The molecule has 0 spiro atoms. The number of para-hydroxylation sites is 1. The van der Waals surface area contributed by atoms with E-state index < -0.39 is 52.1 Å². The van der Waals surface area contributed by atoms with Gasteiger partial charge in [0, 0.05) is 24.9 Å². The maximum Gasteiger partial charge on any atom is 0.573 e. The van der Waals surface area contributed by atoms with Crippen LogP contribution in [0, 0.1) is 5.92 Å². The maximum atomic E-state index is 13.8. The molecule has 1 aliphatic heterocycles. The number of halogens is 3. The molecule has 11 nitrogen and oxygen atoms in total. The minimum Gasteiger partial charge on any atom is -0.486 e. The zero-order chi connectivity index (χ0) is 35.5. The number of likely N-dealkylation sites (N-methyl/N-ethyl adjacent to an activating group) is 1. The van der Waals surface area contributed by atoms with Gasteiger partial charge in [0.1, 0.15) is 11.9 Å².